The maximum atomic E-state index is 11.7. The van der Waals surface area contributed by atoms with Crippen LogP contribution in [0.15, 0.2) is 36.4 Å². The number of carbonyl (C=O) groups is 1. The minimum absolute atomic E-state index is 0.267. The minimum atomic E-state index is -0.709. The average molecular weight is 249 g/mol. The van der Waals surface area contributed by atoms with Gasteiger partial charge in [0.1, 0.15) is 5.75 Å². The first-order valence-corrected chi connectivity index (χ1v) is 5.08. The molecule has 18 heavy (non-hydrogen) atoms. The predicted molar refractivity (Wildman–Crippen MR) is 61.7 cm³/mol. The Morgan fingerprint density at radius 2 is 1.61 bits per heavy atom. The number of aromatic nitrogens is 1. The largest absolute Gasteiger partial charge is 0.497 e. The predicted octanol–water partition coefficient (Wildman–Crippen LogP) is 1.18. The van der Waals surface area contributed by atoms with Crippen LogP contribution < -0.4 is 9.57 Å². The lowest BCUT2D eigenvalue weighted by Crippen LogP contribution is -2.18. The van der Waals surface area contributed by atoms with E-state index in [-0.39, 0.29) is 17.3 Å². The van der Waals surface area contributed by atoms with Crippen LogP contribution in [0.3, 0.4) is 0 Å². The molecule has 0 radical (unpaired) electrons. The molecule has 0 bridgehead atoms. The van der Waals surface area contributed by atoms with Gasteiger partial charge in [-0.15, -0.1) is 4.73 Å². The van der Waals surface area contributed by atoms with Gasteiger partial charge in [-0.2, -0.15) is 0 Å². The van der Waals surface area contributed by atoms with Crippen molar-refractivity contribution in [1.29, 1.82) is 0 Å². The summed E-state index contributed by atoms with van der Waals surface area (Å²) in [5.74, 6) is -0.832. The number of methoxy groups -OCH3 is 1. The molecule has 0 saturated heterocycles. The molecule has 0 unspecified atom stereocenters. The lowest BCUT2D eigenvalue weighted by molar-refractivity contribution is 0.0381. The van der Waals surface area contributed by atoms with Crippen LogP contribution in [0.2, 0.25) is 0 Å². The first kappa shape index (κ1) is 11.8. The maximum absolute atomic E-state index is 11.7. The lowest BCUT2D eigenvalue weighted by atomic mass is 10.2. The maximum Gasteiger partial charge on any atom is 0.363 e. The molecule has 1 heterocycles. The fourth-order valence-electron chi connectivity index (χ4n) is 1.36. The molecule has 6 heteroatoms. The monoisotopic (exact) mass is 249 g/mol. The summed E-state index contributed by atoms with van der Waals surface area (Å²) < 4.78 is 5.59. The van der Waals surface area contributed by atoms with Gasteiger partial charge in [0.05, 0.1) is 12.7 Å². The Hall–Kier alpha value is -2.63. The Bertz CT molecular complexity index is 539. The summed E-state index contributed by atoms with van der Waals surface area (Å²) in [6.07, 6.45) is 0. The normalized spacial score (nSPS) is 10.1. The summed E-state index contributed by atoms with van der Waals surface area (Å²) in [4.78, 5) is 16.5. The van der Waals surface area contributed by atoms with Crippen molar-refractivity contribution in [2.24, 2.45) is 0 Å². The molecule has 0 spiro atoms. The fourth-order valence-corrected chi connectivity index (χ4v) is 1.36. The van der Waals surface area contributed by atoms with E-state index in [2.05, 4.69) is 0 Å². The molecule has 0 aliphatic carbocycles. The van der Waals surface area contributed by atoms with Crippen LogP contribution in [-0.4, -0.2) is 28.0 Å². The molecular weight excluding hydrogens is 238 g/mol. The lowest BCUT2D eigenvalue weighted by Gasteiger charge is -2.07. The third kappa shape index (κ3) is 2.22. The van der Waals surface area contributed by atoms with Crippen LogP contribution in [0.5, 0.6) is 17.5 Å². The second-order valence-electron chi connectivity index (χ2n) is 3.45. The van der Waals surface area contributed by atoms with E-state index in [9.17, 15) is 15.0 Å². The van der Waals surface area contributed by atoms with E-state index in [1.807, 2.05) is 0 Å². The first-order chi connectivity index (χ1) is 8.61. The molecule has 0 saturated carbocycles. The first-order valence-electron chi connectivity index (χ1n) is 5.08. The smallest absolute Gasteiger partial charge is 0.363 e. The highest BCUT2D eigenvalue weighted by Gasteiger charge is 2.13. The van der Waals surface area contributed by atoms with Crippen molar-refractivity contribution in [3.63, 3.8) is 0 Å². The van der Waals surface area contributed by atoms with E-state index in [4.69, 9.17) is 9.57 Å². The Labute approximate surface area is 103 Å². The third-order valence-corrected chi connectivity index (χ3v) is 2.30. The van der Waals surface area contributed by atoms with Gasteiger partial charge in [0.25, 0.3) is 0 Å². The fraction of sp³-hybridized carbons (Fsp3) is 0.0833. The Kier molecular flexibility index (Phi) is 3.09. The second kappa shape index (κ2) is 4.70. The van der Waals surface area contributed by atoms with Crippen molar-refractivity contribution < 1.29 is 24.6 Å². The Balaban J connectivity index is 2.17. The number of benzene rings is 1. The number of ether oxygens (including phenoxy) is 1. The molecule has 2 aromatic rings. The van der Waals surface area contributed by atoms with Gasteiger partial charge < -0.3 is 19.8 Å². The van der Waals surface area contributed by atoms with Gasteiger partial charge in [0, 0.05) is 12.1 Å². The van der Waals surface area contributed by atoms with E-state index in [1.54, 1.807) is 12.1 Å². The Morgan fingerprint density at radius 1 is 1.06 bits per heavy atom. The molecule has 2 rings (SSSR count). The van der Waals surface area contributed by atoms with Crippen molar-refractivity contribution >= 4 is 5.97 Å². The van der Waals surface area contributed by atoms with Crippen LogP contribution in [0.1, 0.15) is 10.4 Å². The SMILES string of the molecule is COc1ccc(C(=O)On2c(O)ccc2O)cc1. The zero-order valence-corrected chi connectivity index (χ0v) is 9.53. The highest BCUT2D eigenvalue weighted by Crippen LogP contribution is 2.19. The van der Waals surface area contributed by atoms with Crippen LogP contribution in [-0.2, 0) is 0 Å². The summed E-state index contributed by atoms with van der Waals surface area (Å²) in [5.41, 5.74) is 0.267. The molecule has 0 aliphatic heterocycles. The van der Waals surface area contributed by atoms with E-state index in [0.29, 0.717) is 10.5 Å². The molecular formula is C12H11NO5. The summed E-state index contributed by atoms with van der Waals surface area (Å²) in [6.45, 7) is 0. The van der Waals surface area contributed by atoms with Crippen LogP contribution in [0, 0.1) is 0 Å². The molecule has 6 nitrogen and oxygen atoms in total. The highest BCUT2D eigenvalue weighted by molar-refractivity contribution is 5.89. The minimum Gasteiger partial charge on any atom is -0.497 e. The molecule has 0 amide bonds. The molecule has 0 atom stereocenters. The summed E-state index contributed by atoms with van der Waals surface area (Å²) in [6, 6.07) is 8.64. The standard InChI is InChI=1S/C12H11NO5/c1-17-9-4-2-8(3-5-9)12(16)18-13-10(14)6-7-11(13)15/h2-7,14-15H,1H3. The van der Waals surface area contributed by atoms with Gasteiger partial charge in [-0.3, -0.25) is 0 Å². The second-order valence-corrected chi connectivity index (χ2v) is 3.45. The van der Waals surface area contributed by atoms with Crippen molar-refractivity contribution in [3.05, 3.63) is 42.0 Å². The van der Waals surface area contributed by atoms with E-state index >= 15 is 0 Å². The third-order valence-electron chi connectivity index (χ3n) is 2.30. The van der Waals surface area contributed by atoms with Crippen LogP contribution in [0.25, 0.3) is 0 Å². The number of aromatic hydroxyl groups is 2. The quantitative estimate of drug-likeness (QED) is 0.853. The number of hydrogen-bond donors (Lipinski definition) is 2. The van der Waals surface area contributed by atoms with Gasteiger partial charge in [-0.1, -0.05) is 0 Å². The molecule has 1 aromatic carbocycles. The van der Waals surface area contributed by atoms with E-state index in [1.165, 1.54) is 31.4 Å². The number of nitrogens with zero attached hydrogens (tertiary/aromatic N) is 1. The van der Waals surface area contributed by atoms with Crippen molar-refractivity contribution in [3.8, 4) is 17.5 Å². The summed E-state index contributed by atoms with van der Waals surface area (Å²) >= 11 is 0. The highest BCUT2D eigenvalue weighted by atomic mass is 16.7. The molecule has 0 aliphatic rings. The molecule has 0 fully saturated rings. The zero-order chi connectivity index (χ0) is 13.1. The average Bonchev–Trinajstić information content (AvgIpc) is 2.70. The van der Waals surface area contributed by atoms with Crippen molar-refractivity contribution in [1.82, 2.24) is 4.73 Å². The topological polar surface area (TPSA) is 80.9 Å². The summed E-state index contributed by atoms with van der Waals surface area (Å²) in [7, 11) is 1.52. The van der Waals surface area contributed by atoms with Gasteiger partial charge in [-0.05, 0) is 24.3 Å². The number of rotatable bonds is 3. The van der Waals surface area contributed by atoms with E-state index < -0.39 is 5.97 Å². The van der Waals surface area contributed by atoms with Crippen LogP contribution >= 0.6 is 0 Å². The molecule has 2 N–H and O–H groups in total. The van der Waals surface area contributed by atoms with Crippen LogP contribution in [0.4, 0.5) is 0 Å². The van der Waals surface area contributed by atoms with Gasteiger partial charge >= 0.3 is 5.97 Å². The Morgan fingerprint density at radius 3 is 2.11 bits per heavy atom. The molecule has 94 valence electrons. The van der Waals surface area contributed by atoms with E-state index in [0.717, 1.165) is 0 Å². The summed E-state index contributed by atoms with van der Waals surface area (Å²) in [5, 5.41) is 18.6. The number of carbonyl (C=O) groups excluding carboxylic acids is 1. The molecule has 1 aromatic heterocycles. The zero-order valence-electron chi connectivity index (χ0n) is 9.53. The van der Waals surface area contributed by atoms with Crippen molar-refractivity contribution in [2.45, 2.75) is 0 Å². The number of hydrogen-bond acceptors (Lipinski definition) is 5. The van der Waals surface area contributed by atoms with Gasteiger partial charge in [0.2, 0.25) is 11.8 Å². The van der Waals surface area contributed by atoms with Gasteiger partial charge in [0.15, 0.2) is 0 Å². The van der Waals surface area contributed by atoms with Crippen molar-refractivity contribution in [2.75, 3.05) is 7.11 Å². The van der Waals surface area contributed by atoms with Gasteiger partial charge in [-0.25, -0.2) is 4.79 Å².